The summed E-state index contributed by atoms with van der Waals surface area (Å²) in [5.74, 6) is 1.39. The van der Waals surface area contributed by atoms with Crippen LogP contribution in [0.5, 0.6) is 5.75 Å². The molecule has 0 spiro atoms. The van der Waals surface area contributed by atoms with Gasteiger partial charge in [-0.15, -0.1) is 11.8 Å². The molecule has 2 aromatic carbocycles. The summed E-state index contributed by atoms with van der Waals surface area (Å²) >= 11 is 1.62. The van der Waals surface area contributed by atoms with Crippen LogP contribution in [0, 0.1) is 0 Å². The molecule has 0 aliphatic rings. The Labute approximate surface area is 125 Å². The van der Waals surface area contributed by atoms with Crippen LogP contribution in [-0.2, 0) is 5.75 Å². The van der Waals surface area contributed by atoms with E-state index in [1.165, 1.54) is 0 Å². The molecule has 6 heteroatoms. The summed E-state index contributed by atoms with van der Waals surface area (Å²) in [7, 11) is 0. The van der Waals surface area contributed by atoms with Crippen LogP contribution < -0.4 is 5.73 Å². The number of nitrogens with zero attached hydrogens (tertiary/aromatic N) is 2. The molecule has 0 aliphatic carbocycles. The number of aromatic nitrogens is 2. The largest absolute Gasteiger partial charge is 0.505 e. The summed E-state index contributed by atoms with van der Waals surface area (Å²) in [6.45, 7) is 0. The number of phenolic OH excluding ortho intramolecular Hbond substituents is 1. The minimum atomic E-state index is -0.0385. The van der Waals surface area contributed by atoms with Gasteiger partial charge in [0.2, 0.25) is 0 Å². The second kappa shape index (κ2) is 5.88. The molecule has 0 amide bonds. The number of phenols is 1. The second-order valence-corrected chi connectivity index (χ2v) is 5.41. The Hall–Kier alpha value is -2.47. The van der Waals surface area contributed by atoms with E-state index in [2.05, 4.69) is 10.1 Å². The first kappa shape index (κ1) is 13.5. The molecule has 0 saturated carbocycles. The molecule has 0 saturated heterocycles. The van der Waals surface area contributed by atoms with E-state index in [0.29, 0.717) is 17.1 Å². The van der Waals surface area contributed by atoms with Crippen LogP contribution in [0.25, 0.3) is 11.5 Å². The first-order valence-corrected chi connectivity index (χ1v) is 7.31. The van der Waals surface area contributed by atoms with Crippen LogP contribution in [0.4, 0.5) is 5.69 Å². The number of benzene rings is 2. The standard InChI is InChI=1S/C15H13N3O2S/c16-12-8-4-7-11(14(12)19)15-17-13(18-20-15)9-21-10-5-2-1-3-6-10/h1-8,19H,9,16H2. The maximum absolute atomic E-state index is 9.91. The molecule has 1 heterocycles. The summed E-state index contributed by atoms with van der Waals surface area (Å²) in [4.78, 5) is 5.42. The molecule has 1 aromatic heterocycles. The van der Waals surface area contributed by atoms with Crippen molar-refractivity contribution < 1.29 is 9.63 Å². The first-order valence-electron chi connectivity index (χ1n) is 6.32. The number of para-hydroxylation sites is 1. The van der Waals surface area contributed by atoms with Crippen LogP contribution in [0.1, 0.15) is 5.82 Å². The Morgan fingerprint density at radius 1 is 1.10 bits per heavy atom. The molecule has 0 aliphatic heterocycles. The third kappa shape index (κ3) is 3.00. The van der Waals surface area contributed by atoms with Crippen molar-refractivity contribution in [3.05, 3.63) is 54.4 Å². The molecular formula is C15H13N3O2S. The molecule has 0 bridgehead atoms. The normalized spacial score (nSPS) is 10.7. The maximum atomic E-state index is 9.91. The lowest BCUT2D eigenvalue weighted by Crippen LogP contribution is -1.88. The quantitative estimate of drug-likeness (QED) is 0.437. The lowest BCUT2D eigenvalue weighted by molar-refractivity contribution is 0.420. The van der Waals surface area contributed by atoms with Crippen molar-refractivity contribution in [3.8, 4) is 17.2 Å². The van der Waals surface area contributed by atoms with Gasteiger partial charge in [-0.2, -0.15) is 4.98 Å². The second-order valence-electron chi connectivity index (χ2n) is 4.36. The number of nitrogen functional groups attached to an aromatic ring is 1. The third-order valence-electron chi connectivity index (χ3n) is 2.88. The zero-order chi connectivity index (χ0) is 14.7. The molecule has 106 valence electrons. The van der Waals surface area contributed by atoms with Crippen LogP contribution in [0.2, 0.25) is 0 Å². The van der Waals surface area contributed by atoms with Gasteiger partial charge in [0.1, 0.15) is 0 Å². The lowest BCUT2D eigenvalue weighted by Gasteiger charge is -2.01. The van der Waals surface area contributed by atoms with E-state index >= 15 is 0 Å². The van der Waals surface area contributed by atoms with Crippen LogP contribution in [-0.4, -0.2) is 15.2 Å². The van der Waals surface area contributed by atoms with Gasteiger partial charge in [0, 0.05) is 4.90 Å². The topological polar surface area (TPSA) is 85.2 Å². The molecule has 3 N–H and O–H groups in total. The predicted octanol–water partition coefficient (Wildman–Crippen LogP) is 3.32. The summed E-state index contributed by atoms with van der Waals surface area (Å²) < 4.78 is 5.18. The van der Waals surface area contributed by atoms with Crippen molar-refractivity contribution in [1.29, 1.82) is 0 Å². The van der Waals surface area contributed by atoms with Crippen LogP contribution >= 0.6 is 11.8 Å². The van der Waals surface area contributed by atoms with Gasteiger partial charge in [-0.05, 0) is 24.3 Å². The minimum Gasteiger partial charge on any atom is -0.505 e. The Balaban J connectivity index is 1.76. The van der Waals surface area contributed by atoms with E-state index in [9.17, 15) is 5.11 Å². The monoisotopic (exact) mass is 299 g/mol. The van der Waals surface area contributed by atoms with Gasteiger partial charge in [-0.25, -0.2) is 0 Å². The third-order valence-corrected chi connectivity index (χ3v) is 3.88. The summed E-state index contributed by atoms with van der Waals surface area (Å²) in [5, 5.41) is 13.8. The highest BCUT2D eigenvalue weighted by Crippen LogP contribution is 2.33. The van der Waals surface area contributed by atoms with Crippen molar-refractivity contribution in [3.63, 3.8) is 0 Å². The van der Waals surface area contributed by atoms with Gasteiger partial charge in [0.25, 0.3) is 5.89 Å². The SMILES string of the molecule is Nc1cccc(-c2nc(CSc3ccccc3)no2)c1O. The number of thioether (sulfide) groups is 1. The van der Waals surface area contributed by atoms with Crippen molar-refractivity contribution in [1.82, 2.24) is 10.1 Å². The van der Waals surface area contributed by atoms with Crippen molar-refractivity contribution >= 4 is 17.4 Å². The van der Waals surface area contributed by atoms with Crippen molar-refractivity contribution in [2.24, 2.45) is 0 Å². The minimum absolute atomic E-state index is 0.0385. The van der Waals surface area contributed by atoms with E-state index in [1.54, 1.807) is 30.0 Å². The summed E-state index contributed by atoms with van der Waals surface area (Å²) in [6.07, 6.45) is 0. The Morgan fingerprint density at radius 2 is 1.90 bits per heavy atom. The fourth-order valence-electron chi connectivity index (χ4n) is 1.82. The highest BCUT2D eigenvalue weighted by Gasteiger charge is 2.14. The number of nitrogens with two attached hydrogens (primary N) is 1. The molecule has 0 radical (unpaired) electrons. The highest BCUT2D eigenvalue weighted by molar-refractivity contribution is 7.98. The molecule has 0 fully saturated rings. The molecule has 0 unspecified atom stereocenters. The van der Waals surface area contributed by atoms with Crippen molar-refractivity contribution in [2.45, 2.75) is 10.6 Å². The summed E-state index contributed by atoms with van der Waals surface area (Å²) in [5.41, 5.74) is 6.38. The van der Waals surface area contributed by atoms with Crippen LogP contribution in [0.3, 0.4) is 0 Å². The average molecular weight is 299 g/mol. The Morgan fingerprint density at radius 3 is 2.71 bits per heavy atom. The molecule has 21 heavy (non-hydrogen) atoms. The van der Waals surface area contributed by atoms with Gasteiger partial charge >= 0.3 is 0 Å². The smallest absolute Gasteiger partial charge is 0.261 e. The number of hydrogen-bond donors (Lipinski definition) is 2. The number of hydrogen-bond acceptors (Lipinski definition) is 6. The van der Waals surface area contributed by atoms with Gasteiger partial charge in [-0.3, -0.25) is 0 Å². The predicted molar refractivity (Wildman–Crippen MR) is 81.8 cm³/mol. The Kier molecular flexibility index (Phi) is 3.79. The fraction of sp³-hybridized carbons (Fsp3) is 0.0667. The number of aromatic hydroxyl groups is 1. The lowest BCUT2D eigenvalue weighted by atomic mass is 10.2. The van der Waals surface area contributed by atoms with E-state index in [0.717, 1.165) is 4.90 Å². The fourth-order valence-corrected chi connectivity index (χ4v) is 2.58. The molecule has 3 aromatic rings. The molecule has 3 rings (SSSR count). The van der Waals surface area contributed by atoms with Gasteiger partial charge in [0.05, 0.1) is 17.0 Å². The zero-order valence-electron chi connectivity index (χ0n) is 11.1. The van der Waals surface area contributed by atoms with Gasteiger partial charge < -0.3 is 15.4 Å². The maximum Gasteiger partial charge on any atom is 0.261 e. The molecule has 0 atom stereocenters. The Bertz CT molecular complexity index is 744. The first-order chi connectivity index (χ1) is 10.2. The number of anilines is 1. The summed E-state index contributed by atoms with van der Waals surface area (Å²) in [6, 6.07) is 15.0. The molecular weight excluding hydrogens is 286 g/mol. The highest BCUT2D eigenvalue weighted by atomic mass is 32.2. The van der Waals surface area contributed by atoms with Gasteiger partial charge in [0.15, 0.2) is 11.6 Å². The van der Waals surface area contributed by atoms with E-state index in [1.807, 2.05) is 30.3 Å². The zero-order valence-corrected chi connectivity index (χ0v) is 11.9. The van der Waals surface area contributed by atoms with E-state index in [4.69, 9.17) is 10.3 Å². The average Bonchev–Trinajstić information content (AvgIpc) is 2.98. The number of rotatable bonds is 4. The van der Waals surface area contributed by atoms with E-state index in [-0.39, 0.29) is 17.3 Å². The van der Waals surface area contributed by atoms with Gasteiger partial charge in [-0.1, -0.05) is 29.4 Å². The van der Waals surface area contributed by atoms with E-state index < -0.39 is 0 Å². The van der Waals surface area contributed by atoms with Crippen LogP contribution in [0.15, 0.2) is 57.9 Å². The van der Waals surface area contributed by atoms with Crippen molar-refractivity contribution in [2.75, 3.05) is 5.73 Å². The molecule has 5 nitrogen and oxygen atoms in total.